The molecular weight excluding hydrogens is 266 g/mol. The first-order valence-electron chi connectivity index (χ1n) is 7.40. The molecule has 1 atom stereocenters. The Labute approximate surface area is 125 Å². The molecule has 0 saturated carbocycles. The van der Waals surface area contributed by atoms with E-state index in [0.717, 1.165) is 42.6 Å². The first-order chi connectivity index (χ1) is 10.2. The summed E-state index contributed by atoms with van der Waals surface area (Å²) in [5.74, 6) is 3.58. The molecule has 0 aliphatic carbocycles. The lowest BCUT2D eigenvalue weighted by Gasteiger charge is -2.13. The Hall–Kier alpha value is -1.94. The Kier molecular flexibility index (Phi) is 4.15. The van der Waals surface area contributed by atoms with Crippen molar-refractivity contribution >= 4 is 0 Å². The van der Waals surface area contributed by atoms with Gasteiger partial charge in [-0.15, -0.1) is 0 Å². The fraction of sp³-hybridized carbons (Fsp3) is 0.412. The summed E-state index contributed by atoms with van der Waals surface area (Å²) in [5.41, 5.74) is 1.18. The predicted molar refractivity (Wildman–Crippen MR) is 80.7 cm³/mol. The van der Waals surface area contributed by atoms with E-state index in [4.69, 9.17) is 13.9 Å². The van der Waals surface area contributed by atoms with Gasteiger partial charge < -0.3 is 19.2 Å². The summed E-state index contributed by atoms with van der Waals surface area (Å²) in [7, 11) is 0. The molecular formula is C17H21NO3. The molecule has 3 rings (SSSR count). The van der Waals surface area contributed by atoms with Crippen molar-refractivity contribution < 1.29 is 13.9 Å². The van der Waals surface area contributed by atoms with E-state index in [0.29, 0.717) is 6.61 Å². The van der Waals surface area contributed by atoms with Gasteiger partial charge in [-0.05, 0) is 43.7 Å². The summed E-state index contributed by atoms with van der Waals surface area (Å²) in [6.45, 7) is 6.25. The number of benzene rings is 1. The standard InChI is InChI=1S/C17H21NO3/c1-12-4-6-15(21-12)13(2)18-11-14-5-7-16-17(10-14)20-9-3-8-19-16/h4-7,10,13,18H,3,8-9,11H2,1-2H3. The second kappa shape index (κ2) is 6.22. The lowest BCUT2D eigenvalue weighted by molar-refractivity contribution is 0.297. The molecule has 112 valence electrons. The molecule has 4 heteroatoms. The average Bonchev–Trinajstić information content (AvgIpc) is 2.79. The topological polar surface area (TPSA) is 43.6 Å². The van der Waals surface area contributed by atoms with Crippen molar-refractivity contribution in [3.05, 3.63) is 47.4 Å². The van der Waals surface area contributed by atoms with Crippen molar-refractivity contribution in [3.63, 3.8) is 0 Å². The molecule has 1 aliphatic heterocycles. The van der Waals surface area contributed by atoms with Crippen LogP contribution in [0.25, 0.3) is 0 Å². The molecule has 0 amide bonds. The highest BCUT2D eigenvalue weighted by molar-refractivity contribution is 5.43. The maximum Gasteiger partial charge on any atom is 0.161 e. The van der Waals surface area contributed by atoms with Gasteiger partial charge in [0, 0.05) is 13.0 Å². The van der Waals surface area contributed by atoms with Crippen LogP contribution in [0, 0.1) is 6.92 Å². The number of hydrogen-bond donors (Lipinski definition) is 1. The highest BCUT2D eigenvalue weighted by Gasteiger charge is 2.12. The molecule has 0 saturated heterocycles. The highest BCUT2D eigenvalue weighted by atomic mass is 16.5. The molecule has 2 aromatic rings. The summed E-state index contributed by atoms with van der Waals surface area (Å²) in [5, 5.41) is 3.46. The Morgan fingerprint density at radius 3 is 2.67 bits per heavy atom. The van der Waals surface area contributed by atoms with Crippen molar-refractivity contribution in [2.75, 3.05) is 13.2 Å². The number of furan rings is 1. The number of nitrogens with one attached hydrogen (secondary N) is 1. The number of ether oxygens (including phenoxy) is 2. The van der Waals surface area contributed by atoms with Crippen LogP contribution in [0.4, 0.5) is 0 Å². The summed E-state index contributed by atoms with van der Waals surface area (Å²) in [6.07, 6.45) is 0.928. The monoisotopic (exact) mass is 287 g/mol. The minimum atomic E-state index is 0.176. The van der Waals surface area contributed by atoms with Crippen LogP contribution in [0.3, 0.4) is 0 Å². The second-order valence-corrected chi connectivity index (χ2v) is 5.38. The molecule has 21 heavy (non-hydrogen) atoms. The van der Waals surface area contributed by atoms with Gasteiger partial charge in [-0.3, -0.25) is 0 Å². The molecule has 0 fully saturated rings. The zero-order valence-corrected chi connectivity index (χ0v) is 12.5. The SMILES string of the molecule is Cc1ccc(C(C)NCc2ccc3c(c2)OCCCO3)o1. The van der Waals surface area contributed by atoms with Crippen LogP contribution >= 0.6 is 0 Å². The third kappa shape index (κ3) is 3.39. The summed E-state index contributed by atoms with van der Waals surface area (Å²) < 4.78 is 17.0. The number of fused-ring (bicyclic) bond motifs is 1. The number of rotatable bonds is 4. The van der Waals surface area contributed by atoms with Crippen molar-refractivity contribution in [1.82, 2.24) is 5.32 Å². The number of aryl methyl sites for hydroxylation is 1. The molecule has 2 heterocycles. The van der Waals surface area contributed by atoms with Crippen LogP contribution in [0.5, 0.6) is 11.5 Å². The van der Waals surface area contributed by atoms with E-state index in [1.807, 2.05) is 31.2 Å². The van der Waals surface area contributed by atoms with E-state index in [9.17, 15) is 0 Å². The van der Waals surface area contributed by atoms with Crippen molar-refractivity contribution in [2.24, 2.45) is 0 Å². The van der Waals surface area contributed by atoms with Crippen LogP contribution in [-0.4, -0.2) is 13.2 Å². The Bertz CT molecular complexity index is 606. The van der Waals surface area contributed by atoms with Crippen LogP contribution in [-0.2, 0) is 6.54 Å². The van der Waals surface area contributed by atoms with Crippen LogP contribution < -0.4 is 14.8 Å². The van der Waals surface area contributed by atoms with E-state index in [2.05, 4.69) is 18.3 Å². The molecule has 0 radical (unpaired) electrons. The van der Waals surface area contributed by atoms with Gasteiger partial charge in [-0.1, -0.05) is 6.07 Å². The summed E-state index contributed by atoms with van der Waals surface area (Å²) >= 11 is 0. The fourth-order valence-electron chi connectivity index (χ4n) is 2.38. The van der Waals surface area contributed by atoms with E-state index >= 15 is 0 Å². The van der Waals surface area contributed by atoms with Gasteiger partial charge >= 0.3 is 0 Å². The maximum atomic E-state index is 5.71. The molecule has 4 nitrogen and oxygen atoms in total. The van der Waals surface area contributed by atoms with Crippen LogP contribution in [0.1, 0.15) is 36.5 Å². The van der Waals surface area contributed by atoms with Gasteiger partial charge in [-0.2, -0.15) is 0 Å². The lowest BCUT2D eigenvalue weighted by Crippen LogP contribution is -2.17. The summed E-state index contributed by atoms with van der Waals surface area (Å²) in [6, 6.07) is 10.3. The van der Waals surface area contributed by atoms with Gasteiger partial charge in [0.05, 0.1) is 19.3 Å². The van der Waals surface area contributed by atoms with Gasteiger partial charge in [0.15, 0.2) is 11.5 Å². The second-order valence-electron chi connectivity index (χ2n) is 5.38. The Balaban J connectivity index is 1.64. The molecule has 1 aliphatic rings. The smallest absolute Gasteiger partial charge is 0.161 e. The average molecular weight is 287 g/mol. The third-order valence-electron chi connectivity index (χ3n) is 3.61. The predicted octanol–water partition coefficient (Wildman–Crippen LogP) is 3.60. The quantitative estimate of drug-likeness (QED) is 0.933. The van der Waals surface area contributed by atoms with Crippen molar-refractivity contribution in [1.29, 1.82) is 0 Å². The third-order valence-corrected chi connectivity index (χ3v) is 3.61. The zero-order chi connectivity index (χ0) is 14.7. The molecule has 1 unspecified atom stereocenters. The van der Waals surface area contributed by atoms with Gasteiger partial charge in [0.2, 0.25) is 0 Å². The fourth-order valence-corrected chi connectivity index (χ4v) is 2.38. The Morgan fingerprint density at radius 1 is 1.10 bits per heavy atom. The normalized spacial score (nSPS) is 15.5. The number of hydrogen-bond acceptors (Lipinski definition) is 4. The lowest BCUT2D eigenvalue weighted by atomic mass is 10.1. The van der Waals surface area contributed by atoms with E-state index in [1.165, 1.54) is 5.56 Å². The summed E-state index contributed by atoms with van der Waals surface area (Å²) in [4.78, 5) is 0. The minimum Gasteiger partial charge on any atom is -0.490 e. The minimum absolute atomic E-state index is 0.176. The maximum absolute atomic E-state index is 5.71. The van der Waals surface area contributed by atoms with Crippen molar-refractivity contribution in [3.8, 4) is 11.5 Å². The van der Waals surface area contributed by atoms with Gasteiger partial charge in [0.25, 0.3) is 0 Å². The van der Waals surface area contributed by atoms with Gasteiger partial charge in [0.1, 0.15) is 11.5 Å². The highest BCUT2D eigenvalue weighted by Crippen LogP contribution is 2.30. The van der Waals surface area contributed by atoms with Crippen molar-refractivity contribution in [2.45, 2.75) is 32.9 Å². The zero-order valence-electron chi connectivity index (χ0n) is 12.5. The molecule has 1 aromatic heterocycles. The molecule has 1 N–H and O–H groups in total. The van der Waals surface area contributed by atoms with Crippen LogP contribution in [0.2, 0.25) is 0 Å². The van der Waals surface area contributed by atoms with E-state index < -0.39 is 0 Å². The Morgan fingerprint density at radius 2 is 1.90 bits per heavy atom. The van der Waals surface area contributed by atoms with E-state index in [-0.39, 0.29) is 6.04 Å². The molecule has 1 aromatic carbocycles. The first-order valence-corrected chi connectivity index (χ1v) is 7.40. The van der Waals surface area contributed by atoms with Gasteiger partial charge in [-0.25, -0.2) is 0 Å². The largest absolute Gasteiger partial charge is 0.490 e. The van der Waals surface area contributed by atoms with Crippen LogP contribution in [0.15, 0.2) is 34.7 Å². The molecule has 0 spiro atoms. The van der Waals surface area contributed by atoms with E-state index in [1.54, 1.807) is 0 Å². The molecule has 0 bridgehead atoms. The first kappa shape index (κ1) is 14.0.